The largest absolute Gasteiger partial charge is 0.474 e. The van der Waals surface area contributed by atoms with Gasteiger partial charge in [0, 0.05) is 12.6 Å². The summed E-state index contributed by atoms with van der Waals surface area (Å²) in [4.78, 5) is 27.7. The molecule has 13 heteroatoms. The first-order valence-corrected chi connectivity index (χ1v) is 12.3. The fourth-order valence-corrected chi connectivity index (χ4v) is 4.98. The standard InChI is InChI=1S/C23H26F3N3O6S/c1-14-6-5-7-17(8-14)36(32,33)29-12-16(28-21(31)35-22(2,3)4)13-34-20-18(29)9-15(11-27-20)10-19(30)23(24,25)26/h5-9,11,16H,10,12-13H2,1-4H3,(H,28,31). The van der Waals surface area contributed by atoms with Crippen molar-refractivity contribution in [1.29, 1.82) is 0 Å². The highest BCUT2D eigenvalue weighted by Gasteiger charge is 2.39. The van der Waals surface area contributed by atoms with E-state index >= 15 is 0 Å². The second-order valence-electron chi connectivity index (χ2n) is 9.27. The molecule has 0 saturated carbocycles. The van der Waals surface area contributed by atoms with Crippen LogP contribution in [0.4, 0.5) is 23.7 Å². The number of pyridine rings is 1. The zero-order chi connectivity index (χ0) is 26.9. The van der Waals surface area contributed by atoms with Crippen molar-refractivity contribution in [1.82, 2.24) is 10.3 Å². The number of nitrogens with zero attached hydrogens (tertiary/aromatic N) is 2. The summed E-state index contributed by atoms with van der Waals surface area (Å²) in [7, 11) is -4.28. The molecule has 196 valence electrons. The van der Waals surface area contributed by atoms with Crippen LogP contribution in [-0.4, -0.2) is 56.2 Å². The van der Waals surface area contributed by atoms with Crippen molar-refractivity contribution in [3.63, 3.8) is 0 Å². The summed E-state index contributed by atoms with van der Waals surface area (Å²) in [6, 6.07) is 6.28. The second kappa shape index (κ2) is 9.96. The van der Waals surface area contributed by atoms with Crippen LogP contribution in [-0.2, 0) is 26.0 Å². The van der Waals surface area contributed by atoms with Crippen LogP contribution in [0.15, 0.2) is 41.4 Å². The predicted molar refractivity (Wildman–Crippen MR) is 123 cm³/mol. The number of carbonyl (C=O) groups excluding carboxylic acids is 2. The second-order valence-corrected chi connectivity index (χ2v) is 11.1. The maximum atomic E-state index is 13.7. The topological polar surface area (TPSA) is 115 Å². The van der Waals surface area contributed by atoms with Crippen molar-refractivity contribution in [3.8, 4) is 5.88 Å². The van der Waals surface area contributed by atoms with Gasteiger partial charge in [0.25, 0.3) is 10.0 Å². The molecule has 2 aromatic rings. The van der Waals surface area contributed by atoms with Crippen LogP contribution >= 0.6 is 0 Å². The molecular weight excluding hydrogens is 503 g/mol. The smallest absolute Gasteiger partial charge is 0.450 e. The first-order chi connectivity index (χ1) is 16.6. The average Bonchev–Trinajstić information content (AvgIpc) is 2.91. The van der Waals surface area contributed by atoms with Crippen LogP contribution in [0.25, 0.3) is 0 Å². The molecule has 1 amide bonds. The van der Waals surface area contributed by atoms with Gasteiger partial charge in [0.1, 0.15) is 17.9 Å². The van der Waals surface area contributed by atoms with Crippen molar-refractivity contribution in [2.24, 2.45) is 0 Å². The van der Waals surface area contributed by atoms with Crippen LogP contribution in [0.3, 0.4) is 0 Å². The van der Waals surface area contributed by atoms with Crippen LogP contribution in [0.1, 0.15) is 31.9 Å². The maximum absolute atomic E-state index is 13.7. The van der Waals surface area contributed by atoms with Gasteiger partial charge in [0.05, 0.1) is 17.5 Å². The van der Waals surface area contributed by atoms with Crippen LogP contribution < -0.4 is 14.4 Å². The van der Waals surface area contributed by atoms with E-state index in [4.69, 9.17) is 9.47 Å². The summed E-state index contributed by atoms with van der Waals surface area (Å²) in [5.74, 6) is -2.18. The van der Waals surface area contributed by atoms with Crippen molar-refractivity contribution in [2.45, 2.75) is 56.8 Å². The molecule has 9 nitrogen and oxygen atoms in total. The summed E-state index contributed by atoms with van der Waals surface area (Å²) in [6.07, 6.45) is -5.87. The quantitative estimate of drug-likeness (QED) is 0.630. The SMILES string of the molecule is Cc1cccc(S(=O)(=O)N2CC(NC(=O)OC(C)(C)C)COc3ncc(CC(=O)C(F)(F)F)cc32)c1. The molecule has 1 N–H and O–H groups in total. The molecule has 36 heavy (non-hydrogen) atoms. The number of rotatable bonds is 5. The van der Waals surface area contributed by atoms with Crippen LogP contribution in [0, 0.1) is 6.92 Å². The zero-order valence-corrected chi connectivity index (χ0v) is 20.9. The molecule has 1 aromatic carbocycles. The molecule has 1 aliphatic heterocycles. The lowest BCUT2D eigenvalue weighted by molar-refractivity contribution is -0.170. The molecule has 0 aliphatic carbocycles. The Morgan fingerprint density at radius 3 is 2.53 bits per heavy atom. The third kappa shape index (κ3) is 6.65. The Kier molecular flexibility index (Phi) is 7.53. The minimum Gasteiger partial charge on any atom is -0.474 e. The molecule has 0 bridgehead atoms. The lowest BCUT2D eigenvalue weighted by Gasteiger charge is -2.27. The normalized spacial score (nSPS) is 16.4. The number of benzene rings is 1. The van der Waals surface area contributed by atoms with Gasteiger partial charge in [-0.25, -0.2) is 18.2 Å². The predicted octanol–water partition coefficient (Wildman–Crippen LogP) is 3.54. The number of Topliss-reactive ketones (excluding diaryl/α,β-unsaturated/α-hetero) is 1. The van der Waals surface area contributed by atoms with Gasteiger partial charge >= 0.3 is 12.3 Å². The van der Waals surface area contributed by atoms with Crippen LogP contribution in [0.2, 0.25) is 0 Å². The number of ether oxygens (including phenoxy) is 2. The number of aryl methyl sites for hydroxylation is 1. The number of fused-ring (bicyclic) bond motifs is 1. The van der Waals surface area contributed by atoms with Crippen molar-refractivity contribution in [2.75, 3.05) is 17.5 Å². The van der Waals surface area contributed by atoms with Gasteiger partial charge in [-0.2, -0.15) is 13.2 Å². The van der Waals surface area contributed by atoms with Crippen LogP contribution in [0.5, 0.6) is 5.88 Å². The minimum atomic E-state index is -5.06. The summed E-state index contributed by atoms with van der Waals surface area (Å²) in [6.45, 7) is 6.16. The number of anilines is 1. The van der Waals surface area contributed by atoms with E-state index in [9.17, 15) is 31.2 Å². The number of carbonyl (C=O) groups is 2. The zero-order valence-electron chi connectivity index (χ0n) is 20.0. The van der Waals surface area contributed by atoms with E-state index < -0.39 is 46.1 Å². The Balaban J connectivity index is 2.03. The Morgan fingerprint density at radius 1 is 1.22 bits per heavy atom. The third-order valence-electron chi connectivity index (χ3n) is 4.94. The molecular formula is C23H26F3N3O6S. The van der Waals surface area contributed by atoms with E-state index in [0.717, 1.165) is 16.6 Å². The van der Waals surface area contributed by atoms with E-state index in [1.807, 2.05) is 0 Å². The van der Waals surface area contributed by atoms with Gasteiger partial charge in [0.2, 0.25) is 11.7 Å². The number of alkyl carbamates (subject to hydrolysis) is 1. The number of ketones is 1. The molecule has 1 aliphatic rings. The fourth-order valence-electron chi connectivity index (χ4n) is 3.38. The van der Waals surface area contributed by atoms with Gasteiger partial charge in [-0.15, -0.1) is 0 Å². The van der Waals surface area contributed by atoms with Gasteiger partial charge < -0.3 is 14.8 Å². The van der Waals surface area contributed by atoms with Crippen molar-refractivity contribution >= 4 is 27.6 Å². The first kappa shape index (κ1) is 27.2. The molecule has 0 radical (unpaired) electrons. The summed E-state index contributed by atoms with van der Waals surface area (Å²) >= 11 is 0. The molecule has 2 heterocycles. The highest BCUT2D eigenvalue weighted by atomic mass is 32.2. The molecule has 0 saturated heterocycles. The number of alkyl halides is 3. The number of halogens is 3. The van der Waals surface area contributed by atoms with Gasteiger partial charge in [-0.1, -0.05) is 12.1 Å². The van der Waals surface area contributed by atoms with Crippen molar-refractivity contribution in [3.05, 3.63) is 47.7 Å². The van der Waals surface area contributed by atoms with E-state index in [2.05, 4.69) is 10.3 Å². The monoisotopic (exact) mass is 529 g/mol. The van der Waals surface area contributed by atoms with E-state index in [0.29, 0.717) is 5.56 Å². The Morgan fingerprint density at radius 2 is 1.92 bits per heavy atom. The Bertz CT molecular complexity index is 1260. The summed E-state index contributed by atoms with van der Waals surface area (Å²) in [5.41, 5.74) is -0.457. The number of nitrogens with one attached hydrogen (secondary N) is 1. The molecule has 1 aromatic heterocycles. The number of sulfonamides is 1. The fraction of sp³-hybridized carbons (Fsp3) is 0.435. The highest BCUT2D eigenvalue weighted by Crippen LogP contribution is 2.35. The molecule has 1 atom stereocenters. The summed E-state index contributed by atoms with van der Waals surface area (Å²) in [5, 5.41) is 2.56. The first-order valence-electron chi connectivity index (χ1n) is 10.9. The maximum Gasteiger partial charge on any atom is 0.450 e. The molecule has 0 fully saturated rings. The summed E-state index contributed by atoms with van der Waals surface area (Å²) < 4.78 is 77.5. The molecule has 3 rings (SSSR count). The van der Waals surface area contributed by atoms with Crippen molar-refractivity contribution < 1.29 is 40.7 Å². The lowest BCUT2D eigenvalue weighted by atomic mass is 10.1. The Hall–Kier alpha value is -3.35. The minimum absolute atomic E-state index is 0.0804. The Labute approximate surface area is 206 Å². The van der Waals surface area contributed by atoms with E-state index in [1.54, 1.807) is 39.8 Å². The number of aromatic nitrogens is 1. The average molecular weight is 530 g/mol. The van der Waals surface area contributed by atoms with E-state index in [-0.39, 0.29) is 35.2 Å². The number of hydrogen-bond donors (Lipinski definition) is 1. The third-order valence-corrected chi connectivity index (χ3v) is 6.72. The molecule has 1 unspecified atom stereocenters. The molecule has 0 spiro atoms. The van der Waals surface area contributed by atoms with E-state index in [1.165, 1.54) is 12.1 Å². The van der Waals surface area contributed by atoms with Gasteiger partial charge in [-0.3, -0.25) is 9.10 Å². The highest BCUT2D eigenvalue weighted by molar-refractivity contribution is 7.92. The van der Waals surface area contributed by atoms with Gasteiger partial charge in [0.15, 0.2) is 0 Å². The number of hydrogen-bond acceptors (Lipinski definition) is 7. The van der Waals surface area contributed by atoms with Gasteiger partial charge in [-0.05, 0) is 57.0 Å². The lowest BCUT2D eigenvalue weighted by Crippen LogP contribution is -2.48. The number of amides is 1.